The van der Waals surface area contributed by atoms with Gasteiger partial charge in [0.25, 0.3) is 5.69 Å². The molecule has 0 fully saturated rings. The normalized spacial score (nSPS) is 11.3. The van der Waals surface area contributed by atoms with Gasteiger partial charge in [-0.25, -0.2) is 8.42 Å². The van der Waals surface area contributed by atoms with Gasteiger partial charge in [0, 0.05) is 12.3 Å². The Labute approximate surface area is 101 Å². The van der Waals surface area contributed by atoms with E-state index >= 15 is 0 Å². The molecule has 0 aliphatic carbocycles. The molecule has 0 saturated carbocycles. The van der Waals surface area contributed by atoms with E-state index in [1.807, 2.05) is 22.6 Å². The largest absolute Gasteiger partial charge is 0.282 e. The van der Waals surface area contributed by atoms with Crippen LogP contribution in [-0.2, 0) is 15.6 Å². The molecule has 0 amide bonds. The predicted octanol–water partition coefficient (Wildman–Crippen LogP) is 1.74. The molecule has 0 bridgehead atoms. The summed E-state index contributed by atoms with van der Waals surface area (Å²) < 4.78 is 22.5. The van der Waals surface area contributed by atoms with E-state index in [1.165, 1.54) is 6.07 Å². The second-order valence-corrected chi connectivity index (χ2v) is 6.42. The van der Waals surface area contributed by atoms with E-state index in [-0.39, 0.29) is 11.4 Å². The minimum atomic E-state index is -3.16. The fourth-order valence-electron chi connectivity index (χ4n) is 1.09. The van der Waals surface area contributed by atoms with E-state index in [4.69, 9.17) is 0 Å². The third-order valence-corrected chi connectivity index (χ3v) is 3.41. The van der Waals surface area contributed by atoms with Crippen LogP contribution in [0, 0.1) is 13.7 Å². The Kier molecular flexibility index (Phi) is 3.66. The summed E-state index contributed by atoms with van der Waals surface area (Å²) in [5.41, 5.74) is 0.376. The summed E-state index contributed by atoms with van der Waals surface area (Å²) in [6.07, 6.45) is 1.09. The number of halogens is 1. The van der Waals surface area contributed by atoms with Crippen molar-refractivity contribution in [2.75, 3.05) is 6.26 Å². The number of nitrogens with zero attached hydrogens (tertiary/aromatic N) is 1. The molecule has 0 spiro atoms. The molecule has 1 aromatic rings. The molecule has 0 heterocycles. The average molecular weight is 341 g/mol. The highest BCUT2D eigenvalue weighted by Crippen LogP contribution is 2.22. The molecule has 0 aromatic heterocycles. The number of sulfone groups is 1. The van der Waals surface area contributed by atoms with Crippen LogP contribution in [0.3, 0.4) is 0 Å². The van der Waals surface area contributed by atoms with Gasteiger partial charge in [-0.15, -0.1) is 0 Å². The van der Waals surface area contributed by atoms with Crippen molar-refractivity contribution in [3.05, 3.63) is 37.4 Å². The molecule has 0 radical (unpaired) electrons. The van der Waals surface area contributed by atoms with Crippen LogP contribution in [0.1, 0.15) is 5.56 Å². The average Bonchev–Trinajstić information content (AvgIpc) is 2.05. The Morgan fingerprint density at radius 2 is 2.07 bits per heavy atom. The Morgan fingerprint density at radius 3 is 2.53 bits per heavy atom. The van der Waals surface area contributed by atoms with Crippen LogP contribution in [0.25, 0.3) is 0 Å². The Balaban J connectivity index is 3.14. The molecule has 0 aliphatic heterocycles. The predicted molar refractivity (Wildman–Crippen MR) is 64.4 cm³/mol. The zero-order valence-electron chi connectivity index (χ0n) is 7.81. The molecule has 1 aromatic carbocycles. The highest BCUT2D eigenvalue weighted by Gasteiger charge is 2.14. The maximum atomic E-state index is 11.0. The van der Waals surface area contributed by atoms with Gasteiger partial charge in [0.1, 0.15) is 0 Å². The van der Waals surface area contributed by atoms with Crippen LogP contribution in [0.4, 0.5) is 5.69 Å². The van der Waals surface area contributed by atoms with Crippen LogP contribution >= 0.6 is 22.6 Å². The fraction of sp³-hybridized carbons (Fsp3) is 0.250. The molecule has 0 saturated heterocycles. The monoisotopic (exact) mass is 341 g/mol. The quantitative estimate of drug-likeness (QED) is 0.477. The summed E-state index contributed by atoms with van der Waals surface area (Å²) >= 11 is 1.84. The number of hydrogen-bond donors (Lipinski definition) is 0. The standard InChI is InChI=1S/C8H8INO4S/c1-15(13,14)5-6-2-3-7(9)8(4-6)10(11)12/h2-4H,5H2,1H3. The lowest BCUT2D eigenvalue weighted by molar-refractivity contribution is -0.385. The first-order chi connectivity index (χ1) is 6.79. The van der Waals surface area contributed by atoms with Crippen LogP contribution in [-0.4, -0.2) is 19.6 Å². The molecular weight excluding hydrogens is 333 g/mol. The SMILES string of the molecule is CS(=O)(=O)Cc1ccc(I)c([N+](=O)[O-])c1. The second kappa shape index (κ2) is 4.44. The van der Waals surface area contributed by atoms with Crippen molar-refractivity contribution in [3.63, 3.8) is 0 Å². The van der Waals surface area contributed by atoms with Crippen molar-refractivity contribution in [2.45, 2.75) is 5.75 Å². The highest BCUT2D eigenvalue weighted by atomic mass is 127. The highest BCUT2D eigenvalue weighted by molar-refractivity contribution is 14.1. The molecule has 15 heavy (non-hydrogen) atoms. The topological polar surface area (TPSA) is 77.3 Å². The molecule has 0 aliphatic rings. The Bertz CT molecular complexity index is 497. The van der Waals surface area contributed by atoms with Gasteiger partial charge in [-0.3, -0.25) is 10.1 Å². The minimum Gasteiger partial charge on any atom is -0.258 e. The smallest absolute Gasteiger partial charge is 0.258 e. The number of benzene rings is 1. The molecule has 7 heteroatoms. The van der Waals surface area contributed by atoms with Gasteiger partial charge in [-0.2, -0.15) is 0 Å². The number of hydrogen-bond acceptors (Lipinski definition) is 4. The Hall–Kier alpha value is -0.700. The molecule has 1 rings (SSSR count). The molecule has 0 atom stereocenters. The van der Waals surface area contributed by atoms with Gasteiger partial charge in [0.2, 0.25) is 0 Å². The summed E-state index contributed by atoms with van der Waals surface area (Å²) in [6, 6.07) is 4.41. The van der Waals surface area contributed by atoms with Crippen molar-refractivity contribution >= 4 is 38.1 Å². The van der Waals surface area contributed by atoms with E-state index < -0.39 is 14.8 Å². The second-order valence-electron chi connectivity index (χ2n) is 3.11. The molecule has 82 valence electrons. The first-order valence-electron chi connectivity index (χ1n) is 3.90. The maximum Gasteiger partial charge on any atom is 0.282 e. The van der Waals surface area contributed by atoms with E-state index in [9.17, 15) is 18.5 Å². The zero-order valence-corrected chi connectivity index (χ0v) is 10.8. The number of nitro benzene ring substituents is 1. The van der Waals surface area contributed by atoms with Gasteiger partial charge in [-0.05, 0) is 34.2 Å². The van der Waals surface area contributed by atoms with Crippen LogP contribution in [0.2, 0.25) is 0 Å². The Morgan fingerprint density at radius 1 is 1.47 bits per heavy atom. The van der Waals surface area contributed by atoms with Gasteiger partial charge in [0.05, 0.1) is 14.2 Å². The third-order valence-electron chi connectivity index (χ3n) is 1.64. The van der Waals surface area contributed by atoms with Gasteiger partial charge < -0.3 is 0 Å². The summed E-state index contributed by atoms with van der Waals surface area (Å²) in [5.74, 6) is -0.176. The van der Waals surface area contributed by atoms with Crippen molar-refractivity contribution in [1.29, 1.82) is 0 Å². The first kappa shape index (κ1) is 12.4. The fourth-order valence-corrected chi connectivity index (χ4v) is 2.41. The summed E-state index contributed by atoms with van der Waals surface area (Å²) in [7, 11) is -3.16. The molecular formula is C8H8INO4S. The summed E-state index contributed by atoms with van der Waals surface area (Å²) in [6.45, 7) is 0. The summed E-state index contributed by atoms with van der Waals surface area (Å²) in [5, 5.41) is 10.6. The number of nitro groups is 1. The van der Waals surface area contributed by atoms with Crippen molar-refractivity contribution in [1.82, 2.24) is 0 Å². The zero-order chi connectivity index (χ0) is 11.6. The van der Waals surface area contributed by atoms with E-state index in [2.05, 4.69) is 0 Å². The molecule has 5 nitrogen and oxygen atoms in total. The van der Waals surface area contributed by atoms with E-state index in [0.29, 0.717) is 9.13 Å². The summed E-state index contributed by atoms with van der Waals surface area (Å²) in [4.78, 5) is 10.1. The van der Waals surface area contributed by atoms with E-state index in [0.717, 1.165) is 6.26 Å². The van der Waals surface area contributed by atoms with Gasteiger partial charge in [-0.1, -0.05) is 6.07 Å². The molecule has 0 unspecified atom stereocenters. The van der Waals surface area contributed by atoms with Crippen LogP contribution in [0.15, 0.2) is 18.2 Å². The molecule has 0 N–H and O–H groups in total. The van der Waals surface area contributed by atoms with Gasteiger partial charge >= 0.3 is 0 Å². The van der Waals surface area contributed by atoms with Crippen LogP contribution < -0.4 is 0 Å². The van der Waals surface area contributed by atoms with Crippen molar-refractivity contribution < 1.29 is 13.3 Å². The minimum absolute atomic E-state index is 0.0586. The van der Waals surface area contributed by atoms with E-state index in [1.54, 1.807) is 12.1 Å². The van der Waals surface area contributed by atoms with Gasteiger partial charge in [0.15, 0.2) is 9.84 Å². The van der Waals surface area contributed by atoms with Crippen LogP contribution in [0.5, 0.6) is 0 Å². The first-order valence-corrected chi connectivity index (χ1v) is 7.04. The maximum absolute atomic E-state index is 11.0. The van der Waals surface area contributed by atoms with Crippen molar-refractivity contribution in [2.24, 2.45) is 0 Å². The number of rotatable bonds is 3. The lowest BCUT2D eigenvalue weighted by Gasteiger charge is -2.00. The lowest BCUT2D eigenvalue weighted by Crippen LogP contribution is -2.02. The third kappa shape index (κ3) is 3.74. The van der Waals surface area contributed by atoms with Crippen molar-refractivity contribution in [3.8, 4) is 0 Å². The lowest BCUT2D eigenvalue weighted by atomic mass is 10.2.